The van der Waals surface area contributed by atoms with Crippen LogP contribution in [-0.2, 0) is 0 Å². The van der Waals surface area contributed by atoms with Crippen LogP contribution in [0.2, 0.25) is 0 Å². The molecule has 0 aromatic heterocycles. The summed E-state index contributed by atoms with van der Waals surface area (Å²) in [6.45, 7) is 8.92. The van der Waals surface area contributed by atoms with Gasteiger partial charge < -0.3 is 22.1 Å². The largest absolute Gasteiger partial charge is 0.370 e. The lowest BCUT2D eigenvalue weighted by molar-refractivity contribution is 0.271. The van der Waals surface area contributed by atoms with Crippen molar-refractivity contribution < 1.29 is 0 Å². The van der Waals surface area contributed by atoms with Crippen molar-refractivity contribution >= 4 is 5.96 Å². The minimum atomic E-state index is -0.681. The number of nitrogens with one attached hydrogen (secondary N) is 2. The molecule has 2 aliphatic heterocycles. The van der Waals surface area contributed by atoms with Crippen LogP contribution in [0, 0.1) is 5.92 Å². The second-order valence-electron chi connectivity index (χ2n) is 6.80. The van der Waals surface area contributed by atoms with Gasteiger partial charge in [0, 0.05) is 17.3 Å². The van der Waals surface area contributed by atoms with Gasteiger partial charge in [-0.15, -0.1) is 0 Å². The number of nitrogens with zero attached hydrogens (tertiary/aromatic N) is 1. The van der Waals surface area contributed by atoms with Gasteiger partial charge in [0.05, 0.1) is 0 Å². The summed E-state index contributed by atoms with van der Waals surface area (Å²) >= 11 is 0. The van der Waals surface area contributed by atoms with E-state index in [-0.39, 0.29) is 11.1 Å². The second-order valence-corrected chi connectivity index (χ2v) is 6.80. The van der Waals surface area contributed by atoms with E-state index in [9.17, 15) is 0 Å². The van der Waals surface area contributed by atoms with Gasteiger partial charge in [0.2, 0.25) is 0 Å². The number of guanidine groups is 1. The van der Waals surface area contributed by atoms with E-state index in [0.717, 1.165) is 12.8 Å². The van der Waals surface area contributed by atoms with Crippen molar-refractivity contribution in [2.45, 2.75) is 57.3 Å². The van der Waals surface area contributed by atoms with Crippen molar-refractivity contribution in [2.75, 3.05) is 0 Å². The predicted molar refractivity (Wildman–Crippen MR) is 74.8 cm³/mol. The smallest absolute Gasteiger partial charge is 0.194 e. The number of hydrogen-bond donors (Lipinski definition) is 4. The molecular weight excluding hydrogens is 226 g/mol. The molecule has 2 rings (SSSR count). The average Bonchev–Trinajstić information content (AvgIpc) is 2.32. The van der Waals surface area contributed by atoms with Gasteiger partial charge in [0.1, 0.15) is 5.66 Å². The van der Waals surface area contributed by atoms with Crippen LogP contribution in [0.5, 0.6) is 0 Å². The summed E-state index contributed by atoms with van der Waals surface area (Å²) in [7, 11) is 0. The fourth-order valence-electron chi connectivity index (χ4n) is 3.30. The van der Waals surface area contributed by atoms with Gasteiger partial charge in [-0.25, -0.2) is 4.99 Å². The minimum absolute atomic E-state index is 0.0683. The maximum Gasteiger partial charge on any atom is 0.194 e. The minimum Gasteiger partial charge on any atom is -0.370 e. The van der Waals surface area contributed by atoms with Crippen LogP contribution in [0.4, 0.5) is 0 Å². The zero-order chi connectivity index (χ0) is 13.6. The lowest BCUT2D eigenvalue weighted by Gasteiger charge is -2.34. The van der Waals surface area contributed by atoms with E-state index < -0.39 is 5.66 Å². The van der Waals surface area contributed by atoms with Crippen LogP contribution in [0.3, 0.4) is 0 Å². The third-order valence-electron chi connectivity index (χ3n) is 3.94. The molecule has 0 amide bonds. The van der Waals surface area contributed by atoms with Crippen molar-refractivity contribution in [1.29, 1.82) is 0 Å². The Morgan fingerprint density at radius 2 is 2.06 bits per heavy atom. The fraction of sp³-hybridized carbons (Fsp3) is 0.769. The molecule has 102 valence electrons. The molecule has 2 aliphatic rings. The molecule has 2 atom stereocenters. The molecule has 1 fully saturated rings. The summed E-state index contributed by atoms with van der Waals surface area (Å²) in [4.78, 5) is 4.34. The molecule has 0 aliphatic carbocycles. The molecule has 2 heterocycles. The molecular formula is C13H25N5. The van der Waals surface area contributed by atoms with Crippen molar-refractivity contribution in [1.82, 2.24) is 10.6 Å². The molecule has 1 saturated heterocycles. The third kappa shape index (κ3) is 2.67. The maximum absolute atomic E-state index is 6.32. The monoisotopic (exact) mass is 251 g/mol. The third-order valence-corrected chi connectivity index (χ3v) is 3.94. The average molecular weight is 251 g/mol. The molecule has 5 heteroatoms. The Hall–Kier alpha value is -1.07. The molecule has 0 saturated carbocycles. The van der Waals surface area contributed by atoms with Crippen LogP contribution in [0.25, 0.3) is 0 Å². The summed E-state index contributed by atoms with van der Waals surface area (Å²) in [6.07, 6.45) is 5.57. The van der Waals surface area contributed by atoms with E-state index >= 15 is 0 Å². The Bertz CT molecular complexity index is 396. The van der Waals surface area contributed by atoms with Crippen LogP contribution < -0.4 is 22.1 Å². The highest BCUT2D eigenvalue weighted by Gasteiger charge is 2.46. The van der Waals surface area contributed by atoms with E-state index in [1.165, 1.54) is 0 Å². The van der Waals surface area contributed by atoms with Crippen molar-refractivity contribution in [2.24, 2.45) is 22.4 Å². The molecule has 0 radical (unpaired) electrons. The lowest BCUT2D eigenvalue weighted by Crippen LogP contribution is -2.49. The Kier molecular flexibility index (Phi) is 2.94. The zero-order valence-electron chi connectivity index (χ0n) is 11.7. The first-order valence-electron chi connectivity index (χ1n) is 6.50. The molecule has 2 unspecified atom stereocenters. The van der Waals surface area contributed by atoms with E-state index in [1.807, 2.05) is 6.08 Å². The highest BCUT2D eigenvalue weighted by molar-refractivity contribution is 5.80. The quantitative estimate of drug-likeness (QED) is 0.579. The Morgan fingerprint density at radius 1 is 1.39 bits per heavy atom. The molecule has 0 aromatic carbocycles. The molecule has 6 N–H and O–H groups in total. The highest BCUT2D eigenvalue weighted by atomic mass is 15.2. The Labute approximate surface area is 109 Å². The second kappa shape index (κ2) is 3.96. The predicted octanol–water partition coefficient (Wildman–Crippen LogP) is 0.630. The first kappa shape index (κ1) is 13.4. The van der Waals surface area contributed by atoms with Gasteiger partial charge >= 0.3 is 0 Å². The van der Waals surface area contributed by atoms with Gasteiger partial charge in [-0.2, -0.15) is 0 Å². The normalized spacial score (nSPS) is 37.2. The van der Waals surface area contributed by atoms with Gasteiger partial charge in [0.15, 0.2) is 5.96 Å². The zero-order valence-corrected chi connectivity index (χ0v) is 11.7. The summed E-state index contributed by atoms with van der Waals surface area (Å²) in [5.41, 5.74) is 11.6. The van der Waals surface area contributed by atoms with Gasteiger partial charge in [-0.05, 0) is 52.5 Å². The molecule has 0 spiro atoms. The van der Waals surface area contributed by atoms with Crippen LogP contribution in [0.15, 0.2) is 17.3 Å². The Morgan fingerprint density at radius 3 is 2.56 bits per heavy atom. The Balaban J connectivity index is 2.15. The van der Waals surface area contributed by atoms with E-state index in [1.54, 1.807) is 6.20 Å². The molecule has 0 bridgehead atoms. The first-order valence-corrected chi connectivity index (χ1v) is 6.50. The van der Waals surface area contributed by atoms with E-state index in [0.29, 0.717) is 11.9 Å². The van der Waals surface area contributed by atoms with Crippen molar-refractivity contribution in [3.8, 4) is 0 Å². The highest BCUT2D eigenvalue weighted by Crippen LogP contribution is 2.40. The first-order chi connectivity index (χ1) is 8.12. The lowest BCUT2D eigenvalue weighted by atomic mass is 9.80. The standard InChI is InChI=1S/C13H25N5/c1-11(2)7-9(12(3,4)18-11)8-13(15)5-6-16-10(14)17-13/h5-6,9,18H,7-8,15H2,1-4H3,(H3,14,16,17). The van der Waals surface area contributed by atoms with Gasteiger partial charge in [0.25, 0.3) is 0 Å². The summed E-state index contributed by atoms with van der Waals surface area (Å²) in [5, 5.41) is 6.51. The summed E-state index contributed by atoms with van der Waals surface area (Å²) in [5.74, 6) is 0.861. The molecule has 5 nitrogen and oxygen atoms in total. The summed E-state index contributed by atoms with van der Waals surface area (Å²) in [6, 6.07) is 0. The van der Waals surface area contributed by atoms with E-state index in [2.05, 4.69) is 43.3 Å². The summed E-state index contributed by atoms with van der Waals surface area (Å²) < 4.78 is 0. The van der Waals surface area contributed by atoms with Gasteiger partial charge in [-0.1, -0.05) is 0 Å². The van der Waals surface area contributed by atoms with Crippen LogP contribution >= 0.6 is 0 Å². The fourth-order valence-corrected chi connectivity index (χ4v) is 3.30. The van der Waals surface area contributed by atoms with Crippen molar-refractivity contribution in [3.05, 3.63) is 12.3 Å². The number of hydrogen-bond acceptors (Lipinski definition) is 5. The topological polar surface area (TPSA) is 88.5 Å². The maximum atomic E-state index is 6.32. The van der Waals surface area contributed by atoms with E-state index in [4.69, 9.17) is 11.5 Å². The number of aliphatic imine (C=N–C) groups is 1. The van der Waals surface area contributed by atoms with Crippen LogP contribution in [0.1, 0.15) is 40.5 Å². The van der Waals surface area contributed by atoms with Crippen molar-refractivity contribution in [3.63, 3.8) is 0 Å². The number of rotatable bonds is 2. The SMILES string of the molecule is CC1(C)CC(CC2(N)C=CNC(N)=N2)C(C)(C)N1. The van der Waals surface area contributed by atoms with Crippen LogP contribution in [-0.4, -0.2) is 22.7 Å². The molecule has 0 aromatic rings. The number of nitrogens with two attached hydrogens (primary N) is 2. The van der Waals surface area contributed by atoms with Gasteiger partial charge in [-0.3, -0.25) is 0 Å². The molecule has 18 heavy (non-hydrogen) atoms.